The van der Waals surface area contributed by atoms with Crippen LogP contribution in [0.15, 0.2) is 47.4 Å². The van der Waals surface area contributed by atoms with Crippen molar-refractivity contribution in [1.82, 2.24) is 10.6 Å². The van der Waals surface area contributed by atoms with Gasteiger partial charge in [-0.2, -0.15) is 13.2 Å². The van der Waals surface area contributed by atoms with Gasteiger partial charge in [0.05, 0.1) is 29.7 Å². The third-order valence-corrected chi connectivity index (χ3v) is 8.01. The molecule has 0 radical (unpaired) electrons. The van der Waals surface area contributed by atoms with Crippen LogP contribution in [0.3, 0.4) is 0 Å². The van der Waals surface area contributed by atoms with E-state index in [2.05, 4.69) is 20.7 Å². The van der Waals surface area contributed by atoms with Gasteiger partial charge >= 0.3 is 12.3 Å². The molecule has 0 aromatic heterocycles. The Labute approximate surface area is 221 Å². The molecule has 4 rings (SSSR count). The van der Waals surface area contributed by atoms with Crippen molar-refractivity contribution in [2.75, 3.05) is 29.3 Å². The monoisotopic (exact) mass is 574 g/mol. The van der Waals surface area contributed by atoms with Gasteiger partial charge in [0.15, 0.2) is 0 Å². The molecule has 0 spiro atoms. The van der Waals surface area contributed by atoms with Crippen molar-refractivity contribution in [2.24, 2.45) is 0 Å². The number of fused-ring (bicyclic) bond motifs is 1. The quantitative estimate of drug-likeness (QED) is 0.434. The highest BCUT2D eigenvalue weighted by atomic mass is 32.2. The molecule has 2 heterocycles. The Balaban J connectivity index is 1.60. The molecule has 0 saturated carbocycles. The van der Waals surface area contributed by atoms with Gasteiger partial charge in [0.2, 0.25) is 11.5 Å². The maximum atomic E-state index is 13.6. The summed E-state index contributed by atoms with van der Waals surface area (Å²) in [5, 5.41) is 7.83. The number of carbonyl (C=O) groups is 2. The normalized spacial score (nSPS) is 19.3. The van der Waals surface area contributed by atoms with E-state index in [-0.39, 0.29) is 47.1 Å². The molecule has 2 aliphatic heterocycles. The summed E-state index contributed by atoms with van der Waals surface area (Å²) in [6.07, 6.45) is -6.38. The predicted molar refractivity (Wildman–Crippen MR) is 131 cm³/mol. The molecule has 1 saturated heterocycles. The van der Waals surface area contributed by atoms with Crippen LogP contribution in [0.2, 0.25) is 0 Å². The number of nitrogens with zero attached hydrogens (tertiary/aromatic N) is 1. The fourth-order valence-corrected chi connectivity index (χ4v) is 5.24. The van der Waals surface area contributed by atoms with Gasteiger partial charge in [0, 0.05) is 5.69 Å². The van der Waals surface area contributed by atoms with E-state index in [4.69, 9.17) is 4.74 Å². The molecule has 2 atom stereocenters. The topological polar surface area (TPSA) is 126 Å². The van der Waals surface area contributed by atoms with Crippen molar-refractivity contribution >= 4 is 33.4 Å². The maximum absolute atomic E-state index is 13.6. The molecular formula is C24H26F4N4O6S. The van der Waals surface area contributed by atoms with Crippen molar-refractivity contribution in [3.63, 3.8) is 0 Å². The molecule has 212 valence electrons. The van der Waals surface area contributed by atoms with Gasteiger partial charge in [-0.05, 0) is 69.3 Å². The first-order valence-electron chi connectivity index (χ1n) is 11.8. The largest absolute Gasteiger partial charge is 0.484 e. The molecule has 2 aromatic carbocycles. The fraction of sp³-hybridized carbons (Fsp3) is 0.417. The summed E-state index contributed by atoms with van der Waals surface area (Å²) in [6.45, 7) is 1.80. The predicted octanol–water partition coefficient (Wildman–Crippen LogP) is 3.15. The van der Waals surface area contributed by atoms with E-state index in [1.165, 1.54) is 18.2 Å². The Kier molecular flexibility index (Phi) is 7.67. The molecule has 3 N–H and O–H groups in total. The summed E-state index contributed by atoms with van der Waals surface area (Å²) in [7, 11) is -4.30. The van der Waals surface area contributed by atoms with E-state index < -0.39 is 39.8 Å². The highest BCUT2D eigenvalue weighted by Gasteiger charge is 2.51. The van der Waals surface area contributed by atoms with Crippen molar-refractivity contribution in [2.45, 2.75) is 49.1 Å². The zero-order valence-electron chi connectivity index (χ0n) is 20.8. The number of amides is 2. The van der Waals surface area contributed by atoms with Crippen LogP contribution in [-0.2, 0) is 19.6 Å². The molecule has 10 nitrogen and oxygen atoms in total. The molecule has 1 fully saturated rings. The lowest BCUT2D eigenvalue weighted by molar-refractivity contribution is -0.242. The highest BCUT2D eigenvalue weighted by Crippen LogP contribution is 2.39. The number of sulfonamides is 1. The van der Waals surface area contributed by atoms with Crippen LogP contribution in [0.25, 0.3) is 0 Å². The number of benzene rings is 2. The summed E-state index contributed by atoms with van der Waals surface area (Å²) in [6, 6.07) is 7.61. The number of anilines is 2. The van der Waals surface area contributed by atoms with E-state index in [1.807, 2.05) is 0 Å². The van der Waals surface area contributed by atoms with E-state index in [0.717, 1.165) is 28.6 Å². The Bertz CT molecular complexity index is 1350. The van der Waals surface area contributed by atoms with Gasteiger partial charge in [0.25, 0.3) is 10.0 Å². The van der Waals surface area contributed by atoms with Gasteiger partial charge in [-0.25, -0.2) is 17.6 Å². The summed E-state index contributed by atoms with van der Waals surface area (Å²) >= 11 is 0. The number of halogens is 4. The first-order chi connectivity index (χ1) is 18.2. The van der Waals surface area contributed by atoms with E-state index in [1.54, 1.807) is 0 Å². The molecule has 2 aromatic rings. The zero-order chi connectivity index (χ0) is 28.6. The molecule has 15 heteroatoms. The Morgan fingerprint density at radius 3 is 2.41 bits per heavy atom. The van der Waals surface area contributed by atoms with Gasteiger partial charge in [-0.1, -0.05) is 0 Å². The van der Waals surface area contributed by atoms with Crippen LogP contribution >= 0.6 is 0 Å². The first kappa shape index (κ1) is 28.4. The third kappa shape index (κ3) is 6.19. The Morgan fingerprint density at radius 2 is 1.82 bits per heavy atom. The number of nitrogens with one attached hydrogen (secondary N) is 3. The Morgan fingerprint density at radius 1 is 1.15 bits per heavy atom. The minimum Gasteiger partial charge on any atom is -0.484 e. The highest BCUT2D eigenvalue weighted by molar-refractivity contribution is 7.92. The summed E-state index contributed by atoms with van der Waals surface area (Å²) < 4.78 is 91.2. The van der Waals surface area contributed by atoms with Crippen LogP contribution in [0, 0.1) is 5.82 Å². The van der Waals surface area contributed by atoms with Crippen LogP contribution in [0.1, 0.15) is 20.3 Å². The smallest absolute Gasteiger partial charge is 0.427 e. The summed E-state index contributed by atoms with van der Waals surface area (Å²) in [5.74, 6) is -0.834. The van der Waals surface area contributed by atoms with Crippen LogP contribution in [0.4, 0.5) is 33.7 Å². The molecule has 0 bridgehead atoms. The fourth-order valence-electron chi connectivity index (χ4n) is 3.74. The lowest BCUT2D eigenvalue weighted by Crippen LogP contribution is -2.55. The van der Waals surface area contributed by atoms with Gasteiger partial charge in [-0.3, -0.25) is 14.4 Å². The maximum Gasteiger partial charge on any atom is 0.427 e. The number of carbonyl (C=O) groups excluding carboxylic acids is 2. The Hall–Kier alpha value is -3.59. The average Bonchev–Trinajstić information content (AvgIpc) is 2.80. The number of rotatable bonds is 7. The molecule has 2 amide bonds. The van der Waals surface area contributed by atoms with Crippen molar-refractivity contribution in [1.29, 1.82) is 0 Å². The third-order valence-electron chi connectivity index (χ3n) is 6.21. The molecule has 2 unspecified atom stereocenters. The van der Waals surface area contributed by atoms with Crippen molar-refractivity contribution in [3.8, 4) is 5.75 Å². The van der Waals surface area contributed by atoms with Crippen molar-refractivity contribution < 1.29 is 45.0 Å². The SMILES string of the molecule is CC(C)(OC(=O)Nc1ccc2c(c1)N(S(=O)(=O)c1ccc(F)cc1)CC(CNC(=O)C1CCN1)O2)C(F)(F)F. The minimum absolute atomic E-state index is 0.0231. The number of ether oxygens (including phenoxy) is 2. The van der Waals surface area contributed by atoms with E-state index in [0.29, 0.717) is 26.8 Å². The zero-order valence-corrected chi connectivity index (χ0v) is 21.7. The van der Waals surface area contributed by atoms with E-state index in [9.17, 15) is 35.6 Å². The van der Waals surface area contributed by atoms with Crippen LogP contribution < -0.4 is 25.0 Å². The molecular weight excluding hydrogens is 548 g/mol. The minimum atomic E-state index is -4.83. The average molecular weight is 575 g/mol. The number of hydrogen-bond donors (Lipinski definition) is 3. The molecule has 0 aliphatic carbocycles. The molecule has 2 aliphatic rings. The number of alkyl halides is 3. The second kappa shape index (κ2) is 10.5. The van der Waals surface area contributed by atoms with E-state index >= 15 is 0 Å². The van der Waals surface area contributed by atoms with Crippen LogP contribution in [-0.4, -0.2) is 64.0 Å². The lowest BCUT2D eigenvalue weighted by atomic mass is 10.1. The van der Waals surface area contributed by atoms with Gasteiger partial charge in [-0.15, -0.1) is 0 Å². The lowest BCUT2D eigenvalue weighted by Gasteiger charge is -2.36. The van der Waals surface area contributed by atoms with Gasteiger partial charge < -0.3 is 20.1 Å². The molecule has 39 heavy (non-hydrogen) atoms. The summed E-state index contributed by atoms with van der Waals surface area (Å²) in [5.41, 5.74) is -2.88. The summed E-state index contributed by atoms with van der Waals surface area (Å²) in [4.78, 5) is 24.2. The first-order valence-corrected chi connectivity index (χ1v) is 13.3. The second-order valence-electron chi connectivity index (χ2n) is 9.48. The number of hydrogen-bond acceptors (Lipinski definition) is 7. The van der Waals surface area contributed by atoms with Crippen LogP contribution in [0.5, 0.6) is 5.75 Å². The second-order valence-corrected chi connectivity index (χ2v) is 11.3. The van der Waals surface area contributed by atoms with Gasteiger partial charge in [0.1, 0.15) is 17.7 Å². The standard InChI is InChI=1S/C24H26F4N4O6S/c1-23(2,24(26,27)28)38-22(34)31-15-5-8-20-19(11-15)32(39(35,36)17-6-3-14(25)4-7-17)13-16(37-20)12-30-21(33)18-9-10-29-18/h3-8,11,16,18,29H,9-10,12-13H2,1-2H3,(H,30,33)(H,31,34). The van der Waals surface area contributed by atoms with Crippen molar-refractivity contribution in [3.05, 3.63) is 48.3 Å².